The molecule has 1 aromatic heterocycles. The summed E-state index contributed by atoms with van der Waals surface area (Å²) in [5.41, 5.74) is 1.18. The maximum atomic E-state index is 11.5. The van der Waals surface area contributed by atoms with Crippen LogP contribution < -0.4 is 0 Å². The van der Waals surface area contributed by atoms with Crippen molar-refractivity contribution in [1.29, 1.82) is 0 Å². The summed E-state index contributed by atoms with van der Waals surface area (Å²) in [6.45, 7) is 5.07. The fraction of sp³-hybridized carbons (Fsp3) is 0.421. The Morgan fingerprint density at radius 2 is 2.12 bits per heavy atom. The van der Waals surface area contributed by atoms with Crippen molar-refractivity contribution in [2.24, 2.45) is 0 Å². The molecule has 0 aliphatic carbocycles. The van der Waals surface area contributed by atoms with E-state index in [9.17, 15) is 4.79 Å². The number of ether oxygens (including phenoxy) is 1. The zero-order valence-corrected chi connectivity index (χ0v) is 14.4. The number of hydrogen-bond acceptors (Lipinski definition) is 4. The predicted octanol–water partition coefficient (Wildman–Crippen LogP) is 3.23. The Balaban J connectivity index is 0.000000368. The molecular weight excluding hydrogens is 302 g/mol. The monoisotopic (exact) mass is 325 g/mol. The molecule has 1 aliphatic heterocycles. The summed E-state index contributed by atoms with van der Waals surface area (Å²) in [5.74, 6) is 2.85. The predicted molar refractivity (Wildman–Crippen MR) is 93.0 cm³/mol. The van der Waals surface area contributed by atoms with Crippen molar-refractivity contribution in [2.75, 3.05) is 13.7 Å². The first-order chi connectivity index (χ1) is 11.6. The third kappa shape index (κ3) is 3.90. The first-order valence-electron chi connectivity index (χ1n) is 8.13. The van der Waals surface area contributed by atoms with Gasteiger partial charge in [0, 0.05) is 19.6 Å². The lowest BCUT2D eigenvalue weighted by molar-refractivity contribution is 0.104. The molecule has 5 heteroatoms. The number of carbonyl (C=O) groups excluding carboxylic acids is 1. The van der Waals surface area contributed by atoms with Crippen molar-refractivity contribution < 1.29 is 9.53 Å². The zero-order chi connectivity index (χ0) is 17.5. The fourth-order valence-corrected chi connectivity index (χ4v) is 2.76. The number of ketones is 1. The van der Waals surface area contributed by atoms with Crippen LogP contribution >= 0.6 is 0 Å². The van der Waals surface area contributed by atoms with E-state index in [-0.39, 0.29) is 17.8 Å². The number of terminal acetylenes is 1. The molecule has 1 aromatic carbocycles. The highest BCUT2D eigenvalue weighted by atomic mass is 16.5. The van der Waals surface area contributed by atoms with E-state index in [0.717, 1.165) is 25.3 Å². The second-order valence-corrected chi connectivity index (χ2v) is 5.77. The topological polar surface area (TPSA) is 57.0 Å². The molecule has 0 fully saturated rings. The number of Topliss-reactive ketones (excluding diaryl/α,β-unsaturated/α-hetero) is 1. The van der Waals surface area contributed by atoms with E-state index in [4.69, 9.17) is 11.2 Å². The minimum atomic E-state index is -0.457. The van der Waals surface area contributed by atoms with Gasteiger partial charge in [-0.15, -0.1) is 11.5 Å². The van der Waals surface area contributed by atoms with Gasteiger partial charge in [0.05, 0.1) is 6.04 Å². The summed E-state index contributed by atoms with van der Waals surface area (Å²) >= 11 is 0. The van der Waals surface area contributed by atoms with Crippen LogP contribution in [0.25, 0.3) is 0 Å². The van der Waals surface area contributed by atoms with Gasteiger partial charge in [0.15, 0.2) is 0 Å². The van der Waals surface area contributed by atoms with Crippen LogP contribution in [0.3, 0.4) is 0 Å². The Hall–Kier alpha value is -2.45. The van der Waals surface area contributed by atoms with E-state index in [1.807, 2.05) is 22.9 Å². The highest BCUT2D eigenvalue weighted by Crippen LogP contribution is 2.37. The third-order valence-electron chi connectivity index (χ3n) is 3.90. The van der Waals surface area contributed by atoms with Crippen molar-refractivity contribution in [3.8, 4) is 12.3 Å². The minimum Gasteiger partial charge on any atom is -0.385 e. The Morgan fingerprint density at radius 3 is 2.67 bits per heavy atom. The highest BCUT2D eigenvalue weighted by Gasteiger charge is 2.33. The molecule has 24 heavy (non-hydrogen) atoms. The molecule has 0 unspecified atom stereocenters. The summed E-state index contributed by atoms with van der Waals surface area (Å²) in [6, 6.07) is 10.3. The third-order valence-corrected chi connectivity index (χ3v) is 3.90. The lowest BCUT2D eigenvalue weighted by Gasteiger charge is -2.11. The number of hydrogen-bond donors (Lipinski definition) is 0. The van der Waals surface area contributed by atoms with E-state index in [0.29, 0.717) is 0 Å². The summed E-state index contributed by atoms with van der Waals surface area (Å²) in [7, 11) is 1.71. The van der Waals surface area contributed by atoms with Crippen LogP contribution in [0.15, 0.2) is 30.3 Å². The van der Waals surface area contributed by atoms with Crippen LogP contribution in [0.1, 0.15) is 60.7 Å². The van der Waals surface area contributed by atoms with Crippen LogP contribution in [0.4, 0.5) is 0 Å². The van der Waals surface area contributed by atoms with Crippen molar-refractivity contribution >= 4 is 5.78 Å². The lowest BCUT2D eigenvalue weighted by Crippen LogP contribution is -2.09. The smallest absolute Gasteiger partial charge is 0.274 e. The van der Waals surface area contributed by atoms with Crippen LogP contribution in [0.2, 0.25) is 0 Å². The van der Waals surface area contributed by atoms with Crippen LogP contribution in [-0.4, -0.2) is 34.3 Å². The zero-order valence-electron chi connectivity index (χ0n) is 14.4. The van der Waals surface area contributed by atoms with Gasteiger partial charge in [-0.1, -0.05) is 44.2 Å². The molecule has 2 heterocycles. The maximum Gasteiger partial charge on any atom is 0.274 e. The molecular formula is C19H23N3O2. The van der Waals surface area contributed by atoms with E-state index in [2.05, 4.69) is 42.0 Å². The molecule has 5 nitrogen and oxygen atoms in total. The molecule has 2 aromatic rings. The van der Waals surface area contributed by atoms with Gasteiger partial charge in [0.2, 0.25) is 5.82 Å². The average Bonchev–Trinajstić information content (AvgIpc) is 3.17. The molecule has 0 saturated carbocycles. The molecule has 2 atom stereocenters. The quantitative estimate of drug-likeness (QED) is 0.492. The Kier molecular flexibility index (Phi) is 6.28. The van der Waals surface area contributed by atoms with Crippen LogP contribution in [-0.2, 0) is 4.74 Å². The molecule has 0 saturated heterocycles. The molecule has 0 bridgehead atoms. The number of benzene rings is 1. The molecule has 3 rings (SSSR count). The largest absolute Gasteiger partial charge is 0.385 e. The first kappa shape index (κ1) is 17.9. The maximum absolute atomic E-state index is 11.5. The number of fused-ring (bicyclic) bond motifs is 1. The van der Waals surface area contributed by atoms with Gasteiger partial charge in [0.25, 0.3) is 5.78 Å². The number of rotatable bonds is 4. The van der Waals surface area contributed by atoms with Crippen molar-refractivity contribution in [3.63, 3.8) is 0 Å². The Labute approximate surface area is 143 Å². The number of carbonyl (C=O) groups is 1. The summed E-state index contributed by atoms with van der Waals surface area (Å²) in [6.07, 6.45) is 7.18. The second kappa shape index (κ2) is 8.42. The fourth-order valence-electron chi connectivity index (χ4n) is 2.76. The lowest BCUT2D eigenvalue weighted by atomic mass is 10.0. The Morgan fingerprint density at radius 1 is 1.42 bits per heavy atom. The number of methoxy groups -OCH3 is 1. The van der Waals surface area contributed by atoms with Crippen molar-refractivity contribution in [3.05, 3.63) is 47.5 Å². The van der Waals surface area contributed by atoms with Gasteiger partial charge in [0.1, 0.15) is 5.82 Å². The van der Waals surface area contributed by atoms with E-state index in [1.54, 1.807) is 7.11 Å². The molecule has 0 spiro atoms. The molecule has 0 amide bonds. The van der Waals surface area contributed by atoms with Gasteiger partial charge < -0.3 is 4.74 Å². The average molecular weight is 325 g/mol. The van der Waals surface area contributed by atoms with Gasteiger partial charge in [-0.2, -0.15) is 0 Å². The normalized spacial score (nSPS) is 18.2. The van der Waals surface area contributed by atoms with Gasteiger partial charge in [-0.3, -0.25) is 4.79 Å². The van der Waals surface area contributed by atoms with Gasteiger partial charge >= 0.3 is 0 Å². The molecule has 1 aliphatic rings. The standard InChI is InChI=1S/C15H13N3O.C4H10O/c1-3-13(19)14-16-15-10(2)9-12(18(15)17-14)11-7-5-4-6-8-11;1-3-4-5-2/h1,4-8,10,12H,9H2,2H3;3-4H2,1-2H3/t10-,12-;/m0./s1. The second-order valence-electron chi connectivity index (χ2n) is 5.77. The SMILES string of the molecule is C#CC(=O)c1nc2n(n1)[C@H](c1ccccc1)C[C@@H]2C.CCCOC. The van der Waals surface area contributed by atoms with E-state index in [1.165, 1.54) is 5.56 Å². The summed E-state index contributed by atoms with van der Waals surface area (Å²) in [4.78, 5) is 15.8. The van der Waals surface area contributed by atoms with Crippen molar-refractivity contribution in [1.82, 2.24) is 14.8 Å². The summed E-state index contributed by atoms with van der Waals surface area (Å²) < 4.78 is 6.53. The number of aromatic nitrogens is 3. The molecule has 126 valence electrons. The molecule has 0 N–H and O–H groups in total. The molecule has 0 radical (unpaired) electrons. The first-order valence-corrected chi connectivity index (χ1v) is 8.13. The highest BCUT2D eigenvalue weighted by molar-refractivity contribution is 6.05. The number of nitrogens with zero attached hydrogens (tertiary/aromatic N) is 3. The van der Waals surface area contributed by atoms with Crippen LogP contribution in [0.5, 0.6) is 0 Å². The van der Waals surface area contributed by atoms with E-state index >= 15 is 0 Å². The van der Waals surface area contributed by atoms with Crippen molar-refractivity contribution in [2.45, 2.75) is 38.6 Å². The van der Waals surface area contributed by atoms with Gasteiger partial charge in [-0.25, -0.2) is 9.67 Å². The van der Waals surface area contributed by atoms with Crippen LogP contribution in [0, 0.1) is 12.3 Å². The summed E-state index contributed by atoms with van der Waals surface area (Å²) in [5, 5.41) is 4.28. The minimum absolute atomic E-state index is 0.130. The van der Waals surface area contributed by atoms with E-state index < -0.39 is 5.78 Å². The Bertz CT molecular complexity index is 714. The van der Waals surface area contributed by atoms with Gasteiger partial charge in [-0.05, 0) is 24.3 Å².